The summed E-state index contributed by atoms with van der Waals surface area (Å²) in [5.41, 5.74) is 14.7. The fraction of sp³-hybridized carbons (Fsp3) is 0.0676. The summed E-state index contributed by atoms with van der Waals surface area (Å²) in [4.78, 5) is 143. The van der Waals surface area contributed by atoms with Crippen molar-refractivity contribution in [2.24, 2.45) is 19.8 Å². The summed E-state index contributed by atoms with van der Waals surface area (Å²) >= 11 is 57.2. The van der Waals surface area contributed by atoms with Gasteiger partial charge in [-0.25, -0.2) is 53.4 Å². The van der Waals surface area contributed by atoms with Crippen molar-refractivity contribution in [2.75, 3.05) is 18.2 Å². The van der Waals surface area contributed by atoms with E-state index in [0.29, 0.717) is 110 Å². The van der Waals surface area contributed by atoms with Crippen molar-refractivity contribution >= 4 is 297 Å². The highest BCUT2D eigenvalue weighted by Gasteiger charge is 2.23. The molecule has 0 atom stereocenters. The summed E-state index contributed by atoms with van der Waals surface area (Å²) in [5.74, 6) is -3.32. The van der Waals surface area contributed by atoms with Crippen molar-refractivity contribution < 1.29 is 38.0 Å². The van der Waals surface area contributed by atoms with E-state index in [1.807, 2.05) is 112 Å². The summed E-state index contributed by atoms with van der Waals surface area (Å²) in [5, 5.41) is 23.5. The molecule has 0 saturated carbocycles. The van der Waals surface area contributed by atoms with Gasteiger partial charge in [-0.15, -0.1) is 90.7 Å². The Morgan fingerprint density at radius 3 is 1.61 bits per heavy atom. The van der Waals surface area contributed by atoms with Crippen molar-refractivity contribution in [1.82, 2.24) is 64.4 Å². The Morgan fingerprint density at radius 2 is 1.15 bits per heavy atom. The number of fused-ring (bicyclic) bond motifs is 5. The largest absolute Gasteiger partial charge is 0.465 e. The fourth-order valence-corrected chi connectivity index (χ4v) is 18.7. The second kappa shape index (κ2) is 47.0. The normalized spacial score (nSPS) is 10.4. The molecule has 0 saturated heterocycles. The highest BCUT2D eigenvalue weighted by atomic mass is 35.9. The number of nitrogens with two attached hydrogens (primary N) is 2. The number of aldehydes is 1. The van der Waals surface area contributed by atoms with E-state index in [2.05, 4.69) is 64.9 Å². The lowest BCUT2D eigenvalue weighted by Crippen LogP contribution is -2.23. The lowest BCUT2D eigenvalue weighted by molar-refractivity contribution is -0.670. The Balaban J connectivity index is 0.000000158. The van der Waals surface area contributed by atoms with E-state index in [0.717, 1.165) is 44.4 Å². The standard InChI is InChI=1S/C17H11ClN4OS2.C11H4Cl2N2OS2.C6HCl3N2S.C6H5Cl2OP.C6H3N3O4S.C6H4N2O2S.C6H8N2.C6H7NO2S.C5H9N2.C5H4OS/c18-13-7-11-16(25-13)14(15(23)12-4-2-6-24-12)22-17(21-11)20-9-10-3-1-5-19-8-10;12-7-4-5-10(18-7)8(15-11(13)14-5)9(16)6-2-1-3-17-6;7-3-1-2-4(12-3)5(8)11-6(9)10-2;7-10(8,9)6-4-2-1-3-5-6;10-5-4-2(7-6(11)8-5)1-3(14-4)9(12)13;9-5-4-3(1-2-11-4)7-6(10)8-5;7-4-6-2-1-3-8-5-6;1-9-6(8)5-4(7)2-3-10-5;1-6-3-4-7(2)5-6;6-4-5-2-1-3-7-5/h1-8H,9H2,(H,20,21,22);1-4H;1H;1-5H;1H,(H2,7,8,10,11);1-2H,(H2,7,8,9,10);1-3,5H,4,7H2;2-3H,7H2,1H3;3-5H,1-2H3;1-4H/q;;;;;;;;+1;. The number of nitrogen functional groups attached to an aromatic ring is 1. The van der Waals surface area contributed by atoms with Crippen molar-refractivity contribution in [1.29, 1.82) is 0 Å². The highest BCUT2D eigenvalue weighted by molar-refractivity contribution is 8.13. The Bertz CT molecular complexity index is 6830. The molecule has 122 heavy (non-hydrogen) atoms. The number of imidazole rings is 1. The zero-order valence-electron chi connectivity index (χ0n) is 62.2. The van der Waals surface area contributed by atoms with E-state index in [9.17, 15) is 53.0 Å². The number of ketones is 2. The van der Waals surface area contributed by atoms with Gasteiger partial charge in [-0.2, -0.15) is 0 Å². The van der Waals surface area contributed by atoms with Crippen LogP contribution in [0.2, 0.25) is 28.7 Å². The third-order valence-corrected chi connectivity index (χ3v) is 26.6. The number of methoxy groups -OCH3 is 1. The van der Waals surface area contributed by atoms with Gasteiger partial charge in [-0.05, 0) is 157 Å². The van der Waals surface area contributed by atoms with Crippen LogP contribution in [-0.2, 0) is 36.5 Å². The summed E-state index contributed by atoms with van der Waals surface area (Å²) < 4.78 is 24.0. The van der Waals surface area contributed by atoms with E-state index in [4.69, 9.17) is 104 Å². The first-order valence-electron chi connectivity index (χ1n) is 33.7. The SMILES string of the molecule is COC(=O)c1sccc1N.Clc1nc(Cl)c2sc(Cl)cc2n1.Cn1cc[n+](C)c1.NCc1cccnc1.O=C(c1cccs1)c1nc(Cl)nc2cc(Cl)sc12.O=C(c1cccs1)c1nc(NCc2cccnc2)nc2cc(Cl)sc12.O=Cc1cccs1.O=P(Cl)(Cl)c1ccccc1.O=c1[nH]c(=O)c2sc([N+](=O)[O-])cc2[nH]1.O=c1[nH]c(=O)c2sccc2[nH]1. The number of nitrogens with one attached hydrogen (secondary N) is 5. The maximum Gasteiger partial charge on any atom is 0.350 e. The van der Waals surface area contributed by atoms with Gasteiger partial charge >= 0.3 is 22.3 Å². The molecule has 0 bridgehead atoms. The average Bonchev–Trinajstić information content (AvgIpc) is 1.65. The molecule has 0 fully saturated rings. The third-order valence-electron chi connectivity index (χ3n) is 14.6. The number of rotatable bonds is 12. The van der Waals surface area contributed by atoms with Crippen LogP contribution in [0.5, 0.6) is 0 Å². The number of carbonyl (C=O) groups is 4. The second-order valence-corrected chi connectivity index (χ2v) is 39.8. The molecule has 18 rings (SSSR count). The minimum atomic E-state index is -3.07. The Morgan fingerprint density at radius 1 is 0.607 bits per heavy atom. The molecule has 17 heterocycles. The molecule has 628 valence electrons. The molecule has 9 N–H and O–H groups in total. The first-order chi connectivity index (χ1) is 58.4. The number of anilines is 2. The van der Waals surface area contributed by atoms with Crippen molar-refractivity contribution in [3.63, 3.8) is 0 Å². The number of pyridine rings is 2. The van der Waals surface area contributed by atoms with Gasteiger partial charge in [0.05, 0.1) is 107 Å². The van der Waals surface area contributed by atoms with E-state index < -0.39 is 27.7 Å². The van der Waals surface area contributed by atoms with Crippen LogP contribution in [0.25, 0.3) is 51.1 Å². The van der Waals surface area contributed by atoms with Crippen LogP contribution in [0.4, 0.5) is 16.6 Å². The van der Waals surface area contributed by atoms with E-state index in [1.54, 1.807) is 108 Å². The summed E-state index contributed by atoms with van der Waals surface area (Å²) in [6.45, 7) is 1.09. The lowest BCUT2D eigenvalue weighted by Gasteiger charge is -2.07. The molecule has 30 nitrogen and oxygen atoms in total. The maximum absolute atomic E-state index is 12.8. The molecule has 48 heteroatoms. The number of hydrogen-bond acceptors (Lipinski definition) is 32. The van der Waals surface area contributed by atoms with Crippen LogP contribution >= 0.6 is 200 Å². The number of ether oxygens (including phenoxy) is 1. The van der Waals surface area contributed by atoms with Crippen LogP contribution in [0.15, 0.2) is 217 Å². The number of aromatic amines is 4. The minimum absolute atomic E-state index is 0.0527. The molecule has 0 spiro atoms. The monoisotopic (exact) mass is 1990 g/mol. The molecule has 0 amide bonds. The number of aryl methyl sites for hydroxylation is 2. The molecular formula is C74H56Cl8N18O12PS9+. The number of hydrogen-bond donors (Lipinski definition) is 7. The topological polar surface area (TPSA) is 445 Å². The maximum atomic E-state index is 12.8. The summed E-state index contributed by atoms with van der Waals surface area (Å²) in [6.07, 6.45) is 13.8. The summed E-state index contributed by atoms with van der Waals surface area (Å²) in [6, 6.07) is 36.8. The number of nitrogens with zero attached hydrogens (tertiary/aromatic N) is 11. The molecular weight excluding hydrogens is 1940 g/mol. The van der Waals surface area contributed by atoms with E-state index in [-0.39, 0.29) is 48.9 Å². The van der Waals surface area contributed by atoms with Crippen LogP contribution in [0, 0.1) is 10.1 Å². The van der Waals surface area contributed by atoms with E-state index >= 15 is 0 Å². The molecule has 0 unspecified atom stereocenters. The Hall–Kier alpha value is -10.1. The summed E-state index contributed by atoms with van der Waals surface area (Å²) in [7, 11) is 5.33. The van der Waals surface area contributed by atoms with Crippen LogP contribution in [0.3, 0.4) is 0 Å². The average molecular weight is 1990 g/mol. The second-order valence-electron chi connectivity index (χ2n) is 23.1. The van der Waals surface area contributed by atoms with E-state index in [1.165, 1.54) is 97.8 Å². The molecule has 0 radical (unpaired) electrons. The van der Waals surface area contributed by atoms with Crippen molar-refractivity contribution in [2.45, 2.75) is 13.1 Å². The van der Waals surface area contributed by atoms with Gasteiger partial charge in [-0.3, -0.25) is 58.6 Å². The Labute approximate surface area is 763 Å². The predicted molar refractivity (Wildman–Crippen MR) is 496 cm³/mol. The molecule has 18 aromatic rings. The molecule has 17 aromatic heterocycles. The number of benzene rings is 1. The smallest absolute Gasteiger partial charge is 0.350 e. The minimum Gasteiger partial charge on any atom is -0.465 e. The predicted octanol–water partition coefficient (Wildman–Crippen LogP) is 19.1. The van der Waals surface area contributed by atoms with Gasteiger partial charge in [0.1, 0.15) is 38.1 Å². The first kappa shape index (κ1) is 95.8. The van der Waals surface area contributed by atoms with Gasteiger partial charge in [0.15, 0.2) is 11.4 Å². The number of aromatic nitrogens is 14. The molecule has 0 aliphatic rings. The number of H-pyrrole nitrogens is 4. The molecule has 1 aromatic carbocycles. The van der Waals surface area contributed by atoms with Crippen LogP contribution in [-0.4, -0.2) is 100 Å². The quantitative estimate of drug-likeness (QED) is 0.00687. The highest BCUT2D eigenvalue weighted by Crippen LogP contribution is 2.55. The molecule has 0 aliphatic carbocycles. The van der Waals surface area contributed by atoms with Gasteiger partial charge in [0.2, 0.25) is 34.4 Å². The van der Waals surface area contributed by atoms with Crippen LogP contribution < -0.4 is 49.2 Å². The van der Waals surface area contributed by atoms with Gasteiger partial charge in [-0.1, -0.05) is 106 Å². The molecule has 0 aliphatic heterocycles. The zero-order chi connectivity index (χ0) is 88.2. The number of nitro groups is 1. The van der Waals surface area contributed by atoms with Crippen molar-refractivity contribution in [3.05, 3.63) is 320 Å². The number of esters is 1. The number of carbonyl (C=O) groups excluding carboxylic acids is 4. The van der Waals surface area contributed by atoms with Gasteiger partial charge < -0.3 is 31.5 Å². The van der Waals surface area contributed by atoms with Gasteiger partial charge in [0, 0.05) is 43.2 Å². The van der Waals surface area contributed by atoms with Gasteiger partial charge in [0.25, 0.3) is 17.0 Å². The van der Waals surface area contributed by atoms with Crippen molar-refractivity contribution in [3.8, 4) is 0 Å². The fourth-order valence-electron chi connectivity index (χ4n) is 9.30. The third kappa shape index (κ3) is 28.8. The number of halogens is 8. The number of thiophene rings is 9. The lowest BCUT2D eigenvalue weighted by atomic mass is 10.2. The first-order valence-corrected chi connectivity index (χ1v) is 47.1. The van der Waals surface area contributed by atoms with Crippen LogP contribution in [0.1, 0.15) is 61.2 Å². The Kier molecular flexibility index (Phi) is 36.9. The zero-order valence-corrected chi connectivity index (χ0v) is 76.5.